The normalized spacial score (nSPS) is 16.9. The highest BCUT2D eigenvalue weighted by atomic mass is 16.5. The first kappa shape index (κ1) is 28.1. The van der Waals surface area contributed by atoms with Gasteiger partial charge in [0, 0.05) is 12.1 Å². The number of hydrogen-bond donors (Lipinski definition) is 1. The topological polar surface area (TPSA) is 88.5 Å². The van der Waals surface area contributed by atoms with Crippen LogP contribution in [0.5, 0.6) is 17.2 Å². The van der Waals surface area contributed by atoms with Gasteiger partial charge in [0.2, 0.25) is 0 Å². The van der Waals surface area contributed by atoms with E-state index >= 15 is 0 Å². The fraction of sp³-hybridized carbons (Fsp3) is 0.448. The summed E-state index contributed by atoms with van der Waals surface area (Å²) in [5.74, 6) is 0.239. The molecule has 8 heteroatoms. The lowest BCUT2D eigenvalue weighted by molar-refractivity contribution is -0.139. The van der Waals surface area contributed by atoms with E-state index in [0.29, 0.717) is 61.2 Å². The number of aliphatic hydroxyl groups is 1. The van der Waals surface area contributed by atoms with E-state index in [0.717, 1.165) is 13.0 Å². The first-order chi connectivity index (χ1) is 17.8. The summed E-state index contributed by atoms with van der Waals surface area (Å²) >= 11 is 0. The van der Waals surface area contributed by atoms with Crippen LogP contribution in [0, 0.1) is 0 Å². The van der Waals surface area contributed by atoms with Gasteiger partial charge in [0.25, 0.3) is 11.7 Å². The molecule has 8 nitrogen and oxygen atoms in total. The number of aliphatic hydroxyl groups excluding tert-OH is 1. The summed E-state index contributed by atoms with van der Waals surface area (Å²) in [6.45, 7) is 8.40. The molecule has 1 aliphatic rings. The Morgan fingerprint density at radius 1 is 0.946 bits per heavy atom. The molecule has 0 spiro atoms. The third kappa shape index (κ3) is 6.63. The smallest absolute Gasteiger partial charge is 0.295 e. The van der Waals surface area contributed by atoms with Gasteiger partial charge in [0.1, 0.15) is 11.5 Å². The van der Waals surface area contributed by atoms with Crippen LogP contribution < -0.4 is 14.2 Å². The molecule has 1 saturated heterocycles. The number of amides is 1. The average molecular weight is 511 g/mol. The van der Waals surface area contributed by atoms with Crippen molar-refractivity contribution >= 4 is 17.4 Å². The molecule has 1 fully saturated rings. The number of carbonyl (C=O) groups is 2. The standard InChI is InChI=1S/C29H38N2O6/c1-6-18-37-22-13-10-20(11-14-22)27(32)25-26(31(29(34)28(25)33)17-9-16-30(4)5)21-12-15-23(35-7-2)24(19-21)36-8-3/h10-15,19,26,32H,6-9,16-18H2,1-5H3/b27-25+. The van der Waals surface area contributed by atoms with Gasteiger partial charge in [-0.3, -0.25) is 9.59 Å². The van der Waals surface area contributed by atoms with Crippen LogP contribution in [0.2, 0.25) is 0 Å². The molecular formula is C29H38N2O6. The van der Waals surface area contributed by atoms with E-state index < -0.39 is 17.7 Å². The number of nitrogens with zero attached hydrogens (tertiary/aromatic N) is 2. The summed E-state index contributed by atoms with van der Waals surface area (Å²) in [7, 11) is 3.92. The third-order valence-electron chi connectivity index (χ3n) is 6.03. The SMILES string of the molecule is CCCOc1ccc(/C(O)=C2\C(=O)C(=O)N(CCCN(C)C)C2c2ccc(OCC)c(OCC)c2)cc1. The summed E-state index contributed by atoms with van der Waals surface area (Å²) < 4.78 is 17.1. The van der Waals surface area contributed by atoms with E-state index in [1.807, 2.05) is 45.8 Å². The van der Waals surface area contributed by atoms with Gasteiger partial charge in [-0.1, -0.05) is 13.0 Å². The first-order valence-electron chi connectivity index (χ1n) is 12.9. The van der Waals surface area contributed by atoms with E-state index in [9.17, 15) is 14.7 Å². The fourth-order valence-electron chi connectivity index (χ4n) is 4.34. The van der Waals surface area contributed by atoms with E-state index in [1.165, 1.54) is 0 Å². The molecule has 1 N–H and O–H groups in total. The van der Waals surface area contributed by atoms with Crippen LogP contribution in [-0.2, 0) is 9.59 Å². The molecule has 0 aromatic heterocycles. The highest BCUT2D eigenvalue weighted by Crippen LogP contribution is 2.42. The van der Waals surface area contributed by atoms with E-state index in [1.54, 1.807) is 41.3 Å². The number of rotatable bonds is 13. The molecule has 200 valence electrons. The van der Waals surface area contributed by atoms with Crippen molar-refractivity contribution in [3.63, 3.8) is 0 Å². The van der Waals surface area contributed by atoms with E-state index in [-0.39, 0.29) is 11.3 Å². The van der Waals surface area contributed by atoms with Crippen molar-refractivity contribution < 1.29 is 28.9 Å². The molecule has 37 heavy (non-hydrogen) atoms. The Kier molecular flexibility index (Phi) is 9.97. The number of ether oxygens (including phenoxy) is 3. The summed E-state index contributed by atoms with van der Waals surface area (Å²) in [6.07, 6.45) is 1.56. The second-order valence-corrected chi connectivity index (χ2v) is 9.09. The molecule has 1 amide bonds. The molecule has 1 unspecified atom stereocenters. The van der Waals surface area contributed by atoms with Crippen molar-refractivity contribution in [1.29, 1.82) is 0 Å². The van der Waals surface area contributed by atoms with Gasteiger partial charge < -0.3 is 29.1 Å². The number of Topliss-reactive ketones (excluding diaryl/α,β-unsaturated/α-hetero) is 1. The molecule has 2 aromatic carbocycles. The molecular weight excluding hydrogens is 472 g/mol. The molecule has 3 rings (SSSR count). The largest absolute Gasteiger partial charge is 0.507 e. The second kappa shape index (κ2) is 13.1. The van der Waals surface area contributed by atoms with Crippen molar-refractivity contribution in [2.75, 3.05) is 47.0 Å². The molecule has 0 aliphatic carbocycles. The molecule has 2 aromatic rings. The minimum absolute atomic E-state index is 0.0590. The summed E-state index contributed by atoms with van der Waals surface area (Å²) in [6, 6.07) is 11.5. The van der Waals surface area contributed by atoms with Crippen LogP contribution in [-0.4, -0.2) is 73.6 Å². The van der Waals surface area contributed by atoms with Gasteiger partial charge in [0.05, 0.1) is 31.4 Å². The Hall–Kier alpha value is -3.52. The third-order valence-corrected chi connectivity index (χ3v) is 6.03. The van der Waals surface area contributed by atoms with E-state index in [4.69, 9.17) is 14.2 Å². The van der Waals surface area contributed by atoms with Gasteiger partial charge in [-0.2, -0.15) is 0 Å². The van der Waals surface area contributed by atoms with Crippen LogP contribution in [0.25, 0.3) is 5.76 Å². The Labute approximate surface area is 219 Å². The number of benzene rings is 2. The van der Waals surface area contributed by atoms with Crippen molar-refractivity contribution in [3.05, 3.63) is 59.2 Å². The highest BCUT2D eigenvalue weighted by Gasteiger charge is 2.46. The predicted octanol–water partition coefficient (Wildman–Crippen LogP) is 4.65. The first-order valence-corrected chi connectivity index (χ1v) is 12.9. The zero-order valence-electron chi connectivity index (χ0n) is 22.5. The average Bonchev–Trinajstić information content (AvgIpc) is 3.13. The molecule has 1 aliphatic heterocycles. The zero-order valence-corrected chi connectivity index (χ0v) is 22.5. The van der Waals surface area contributed by atoms with Gasteiger partial charge in [-0.05, 0) is 89.3 Å². The van der Waals surface area contributed by atoms with Crippen LogP contribution in [0.15, 0.2) is 48.0 Å². The van der Waals surface area contributed by atoms with Crippen molar-refractivity contribution in [3.8, 4) is 17.2 Å². The van der Waals surface area contributed by atoms with Crippen LogP contribution in [0.3, 0.4) is 0 Å². The van der Waals surface area contributed by atoms with Crippen LogP contribution >= 0.6 is 0 Å². The quantitative estimate of drug-likeness (QED) is 0.238. The fourth-order valence-corrected chi connectivity index (χ4v) is 4.34. The van der Waals surface area contributed by atoms with Crippen LogP contribution in [0.4, 0.5) is 0 Å². The molecule has 1 atom stereocenters. The monoisotopic (exact) mass is 510 g/mol. The maximum atomic E-state index is 13.3. The van der Waals surface area contributed by atoms with Crippen LogP contribution in [0.1, 0.15) is 50.8 Å². The Balaban J connectivity index is 2.09. The van der Waals surface area contributed by atoms with Crippen molar-refractivity contribution in [2.45, 2.75) is 39.7 Å². The number of carbonyl (C=O) groups excluding carboxylic acids is 2. The number of ketones is 1. The molecule has 1 heterocycles. The maximum Gasteiger partial charge on any atom is 0.295 e. The summed E-state index contributed by atoms with van der Waals surface area (Å²) in [5.41, 5.74) is 1.17. The Morgan fingerprint density at radius 3 is 2.24 bits per heavy atom. The lowest BCUT2D eigenvalue weighted by Crippen LogP contribution is -2.32. The molecule has 0 saturated carbocycles. The van der Waals surface area contributed by atoms with Crippen molar-refractivity contribution in [2.24, 2.45) is 0 Å². The van der Waals surface area contributed by atoms with Crippen molar-refractivity contribution in [1.82, 2.24) is 9.80 Å². The highest BCUT2D eigenvalue weighted by molar-refractivity contribution is 6.46. The number of likely N-dealkylation sites (tertiary alicyclic amines) is 1. The molecule has 0 bridgehead atoms. The maximum absolute atomic E-state index is 13.3. The van der Waals surface area contributed by atoms with Gasteiger partial charge in [-0.15, -0.1) is 0 Å². The summed E-state index contributed by atoms with van der Waals surface area (Å²) in [4.78, 5) is 30.1. The minimum atomic E-state index is -0.756. The lowest BCUT2D eigenvalue weighted by Gasteiger charge is -2.26. The zero-order chi connectivity index (χ0) is 26.9. The Bertz CT molecular complexity index is 1110. The Morgan fingerprint density at radius 2 is 1.62 bits per heavy atom. The predicted molar refractivity (Wildman–Crippen MR) is 143 cm³/mol. The van der Waals surface area contributed by atoms with Gasteiger partial charge in [0.15, 0.2) is 11.5 Å². The number of hydrogen-bond acceptors (Lipinski definition) is 7. The minimum Gasteiger partial charge on any atom is -0.507 e. The van der Waals surface area contributed by atoms with Gasteiger partial charge >= 0.3 is 0 Å². The van der Waals surface area contributed by atoms with E-state index in [2.05, 4.69) is 0 Å². The molecule has 0 radical (unpaired) electrons. The lowest BCUT2D eigenvalue weighted by atomic mass is 9.95. The second-order valence-electron chi connectivity index (χ2n) is 9.09. The summed E-state index contributed by atoms with van der Waals surface area (Å²) in [5, 5.41) is 11.3. The van der Waals surface area contributed by atoms with Gasteiger partial charge in [-0.25, -0.2) is 0 Å².